The van der Waals surface area contributed by atoms with Crippen molar-refractivity contribution in [3.05, 3.63) is 64.3 Å². The molecule has 1 heterocycles. The van der Waals surface area contributed by atoms with E-state index in [9.17, 15) is 10.1 Å². The highest BCUT2D eigenvalue weighted by molar-refractivity contribution is 6.08. The van der Waals surface area contributed by atoms with Crippen molar-refractivity contribution < 1.29 is 4.92 Å². The highest BCUT2D eigenvalue weighted by atomic mass is 16.6. The Morgan fingerprint density at radius 1 is 1.14 bits per heavy atom. The number of hydrogen-bond donors (Lipinski definition) is 0. The van der Waals surface area contributed by atoms with Gasteiger partial charge in [0.25, 0.3) is 0 Å². The van der Waals surface area contributed by atoms with E-state index < -0.39 is 4.92 Å². The Hall–Kier alpha value is -2.62. The van der Waals surface area contributed by atoms with Crippen LogP contribution in [0.4, 0.5) is 0 Å². The van der Waals surface area contributed by atoms with E-state index in [1.807, 2.05) is 18.2 Å². The van der Waals surface area contributed by atoms with Gasteiger partial charge in [-0.25, -0.2) is 0 Å². The van der Waals surface area contributed by atoms with Crippen LogP contribution in [0.5, 0.6) is 0 Å². The minimum Gasteiger partial charge on any atom is -0.340 e. The molecule has 4 nitrogen and oxygen atoms in total. The van der Waals surface area contributed by atoms with Crippen LogP contribution in [0.25, 0.3) is 27.9 Å². The minimum absolute atomic E-state index is 0.436. The average Bonchev–Trinajstić information content (AvgIpc) is 2.84. The Morgan fingerprint density at radius 3 is 2.68 bits per heavy atom. The maximum Gasteiger partial charge on any atom is 0.235 e. The van der Waals surface area contributed by atoms with Gasteiger partial charge in [-0.3, -0.25) is 10.1 Å². The smallest absolute Gasteiger partial charge is 0.235 e. The van der Waals surface area contributed by atoms with Gasteiger partial charge in [-0.1, -0.05) is 37.6 Å². The first-order valence-electron chi connectivity index (χ1n) is 7.53. The molecular formula is C18H18N2O2. The lowest BCUT2D eigenvalue weighted by atomic mass is 10.1. The lowest BCUT2D eigenvalue weighted by Gasteiger charge is -2.06. The predicted octanol–water partition coefficient (Wildman–Crippen LogP) is 4.84. The van der Waals surface area contributed by atoms with E-state index in [2.05, 4.69) is 35.8 Å². The van der Waals surface area contributed by atoms with Gasteiger partial charge in [-0.05, 0) is 30.2 Å². The fraction of sp³-hybridized carbons (Fsp3) is 0.222. The Balaban J connectivity index is 2.19. The van der Waals surface area contributed by atoms with Crippen molar-refractivity contribution in [2.75, 3.05) is 0 Å². The van der Waals surface area contributed by atoms with E-state index in [1.54, 1.807) is 0 Å². The molecule has 0 N–H and O–H groups in total. The first-order valence-corrected chi connectivity index (χ1v) is 7.53. The molecule has 1 aromatic heterocycles. The summed E-state index contributed by atoms with van der Waals surface area (Å²) in [5.74, 6) is 0. The van der Waals surface area contributed by atoms with Crippen molar-refractivity contribution in [2.45, 2.75) is 26.3 Å². The highest BCUT2D eigenvalue weighted by Crippen LogP contribution is 2.30. The Bertz CT molecular complexity index is 862. The molecule has 0 unspecified atom stereocenters. The van der Waals surface area contributed by atoms with Crippen LogP contribution in [-0.2, 0) is 6.54 Å². The van der Waals surface area contributed by atoms with E-state index in [0.29, 0.717) is 0 Å². The van der Waals surface area contributed by atoms with E-state index in [0.717, 1.165) is 36.5 Å². The monoisotopic (exact) mass is 294 g/mol. The summed E-state index contributed by atoms with van der Waals surface area (Å²) in [5.41, 5.74) is 3.26. The molecular weight excluding hydrogens is 276 g/mol. The first kappa shape index (κ1) is 14.3. The van der Waals surface area contributed by atoms with E-state index in [1.165, 1.54) is 22.5 Å². The van der Waals surface area contributed by atoms with Gasteiger partial charge < -0.3 is 4.57 Å². The summed E-state index contributed by atoms with van der Waals surface area (Å²) in [7, 11) is 0. The van der Waals surface area contributed by atoms with Crippen molar-refractivity contribution in [2.24, 2.45) is 0 Å². The van der Waals surface area contributed by atoms with Crippen LogP contribution in [0.2, 0.25) is 0 Å². The fourth-order valence-corrected chi connectivity index (χ4v) is 2.88. The molecule has 0 atom stereocenters. The lowest BCUT2D eigenvalue weighted by molar-refractivity contribution is -0.400. The number of aryl methyl sites for hydroxylation is 1. The number of fused-ring (bicyclic) bond motifs is 3. The van der Waals surface area contributed by atoms with Gasteiger partial charge in [0.05, 0.1) is 4.92 Å². The summed E-state index contributed by atoms with van der Waals surface area (Å²) >= 11 is 0. The SMILES string of the molecule is CCCCn1c2ccccc2c2cc(/C=C/[N+](=O)[O-])ccc21. The van der Waals surface area contributed by atoms with Crippen molar-refractivity contribution in [1.29, 1.82) is 0 Å². The Labute approximate surface area is 128 Å². The molecule has 22 heavy (non-hydrogen) atoms. The summed E-state index contributed by atoms with van der Waals surface area (Å²) in [5, 5.41) is 12.8. The summed E-state index contributed by atoms with van der Waals surface area (Å²) in [6.45, 7) is 3.18. The molecule has 0 radical (unpaired) electrons. The third-order valence-corrected chi connectivity index (χ3v) is 3.92. The second kappa shape index (κ2) is 6.02. The molecule has 2 aromatic carbocycles. The number of nitro groups is 1. The molecule has 3 rings (SSSR count). The van der Waals surface area contributed by atoms with Gasteiger partial charge in [0.2, 0.25) is 6.20 Å². The normalized spacial score (nSPS) is 11.7. The predicted molar refractivity (Wildman–Crippen MR) is 90.4 cm³/mol. The van der Waals surface area contributed by atoms with Crippen LogP contribution in [-0.4, -0.2) is 9.49 Å². The standard InChI is InChI=1S/C18H18N2O2/c1-2-3-11-19-17-7-5-4-6-15(17)16-13-14(8-9-18(16)19)10-12-20(21)22/h4-10,12-13H,2-3,11H2,1H3/b12-10+. The van der Waals surface area contributed by atoms with Gasteiger partial charge in [-0.15, -0.1) is 0 Å². The van der Waals surface area contributed by atoms with Crippen LogP contribution in [0, 0.1) is 10.1 Å². The van der Waals surface area contributed by atoms with Crippen molar-refractivity contribution in [3.63, 3.8) is 0 Å². The van der Waals surface area contributed by atoms with E-state index in [-0.39, 0.29) is 0 Å². The number of benzene rings is 2. The molecule has 3 aromatic rings. The fourth-order valence-electron chi connectivity index (χ4n) is 2.88. The molecule has 0 fully saturated rings. The van der Waals surface area contributed by atoms with E-state index >= 15 is 0 Å². The van der Waals surface area contributed by atoms with Crippen LogP contribution < -0.4 is 0 Å². The number of nitrogens with zero attached hydrogens (tertiary/aromatic N) is 2. The number of para-hydroxylation sites is 1. The van der Waals surface area contributed by atoms with Gasteiger partial charge in [0, 0.05) is 34.4 Å². The Morgan fingerprint density at radius 2 is 1.91 bits per heavy atom. The lowest BCUT2D eigenvalue weighted by Crippen LogP contribution is -1.96. The zero-order valence-corrected chi connectivity index (χ0v) is 12.5. The molecule has 0 saturated carbocycles. The highest BCUT2D eigenvalue weighted by Gasteiger charge is 2.10. The van der Waals surface area contributed by atoms with Crippen LogP contribution >= 0.6 is 0 Å². The zero-order valence-electron chi connectivity index (χ0n) is 12.5. The third-order valence-electron chi connectivity index (χ3n) is 3.92. The van der Waals surface area contributed by atoms with Crippen molar-refractivity contribution in [1.82, 2.24) is 4.57 Å². The molecule has 112 valence electrons. The van der Waals surface area contributed by atoms with Gasteiger partial charge in [0.1, 0.15) is 0 Å². The second-order valence-corrected chi connectivity index (χ2v) is 5.40. The molecule has 0 aliphatic rings. The van der Waals surface area contributed by atoms with E-state index in [4.69, 9.17) is 0 Å². The summed E-state index contributed by atoms with van der Waals surface area (Å²) < 4.78 is 2.34. The van der Waals surface area contributed by atoms with Crippen molar-refractivity contribution in [3.8, 4) is 0 Å². The number of aromatic nitrogens is 1. The number of hydrogen-bond acceptors (Lipinski definition) is 2. The van der Waals surface area contributed by atoms with Gasteiger partial charge in [-0.2, -0.15) is 0 Å². The van der Waals surface area contributed by atoms with Crippen molar-refractivity contribution >= 4 is 27.9 Å². The topological polar surface area (TPSA) is 48.1 Å². The summed E-state index contributed by atoms with van der Waals surface area (Å²) in [4.78, 5) is 10.0. The largest absolute Gasteiger partial charge is 0.340 e. The minimum atomic E-state index is -0.436. The molecule has 4 heteroatoms. The van der Waals surface area contributed by atoms with Gasteiger partial charge >= 0.3 is 0 Å². The Kier molecular flexibility index (Phi) is 3.92. The summed E-state index contributed by atoms with van der Waals surface area (Å²) in [6.07, 6.45) is 4.81. The molecule has 0 aliphatic carbocycles. The molecule has 0 aliphatic heterocycles. The zero-order chi connectivity index (χ0) is 15.5. The average molecular weight is 294 g/mol. The maximum atomic E-state index is 10.5. The third kappa shape index (κ3) is 2.60. The molecule has 0 saturated heterocycles. The molecule has 0 spiro atoms. The second-order valence-electron chi connectivity index (χ2n) is 5.40. The molecule has 0 amide bonds. The van der Waals surface area contributed by atoms with Gasteiger partial charge in [0.15, 0.2) is 0 Å². The van der Waals surface area contributed by atoms with Crippen LogP contribution in [0.3, 0.4) is 0 Å². The van der Waals surface area contributed by atoms with Crippen LogP contribution in [0.1, 0.15) is 25.3 Å². The quantitative estimate of drug-likeness (QED) is 0.499. The maximum absolute atomic E-state index is 10.5. The van der Waals surface area contributed by atoms with Crippen LogP contribution in [0.15, 0.2) is 48.7 Å². The molecule has 0 bridgehead atoms. The first-order chi connectivity index (χ1) is 10.7. The summed E-state index contributed by atoms with van der Waals surface area (Å²) in [6, 6.07) is 14.4. The number of rotatable bonds is 5. The number of unbranched alkanes of at least 4 members (excludes halogenated alkanes) is 1.